The van der Waals surface area contributed by atoms with Crippen molar-refractivity contribution in [3.05, 3.63) is 85.1 Å². The van der Waals surface area contributed by atoms with E-state index in [0.29, 0.717) is 17.4 Å². The van der Waals surface area contributed by atoms with Crippen LogP contribution in [0, 0.1) is 0 Å². The summed E-state index contributed by atoms with van der Waals surface area (Å²) in [4.78, 5) is 25.7. The van der Waals surface area contributed by atoms with Crippen molar-refractivity contribution in [1.29, 1.82) is 0 Å². The van der Waals surface area contributed by atoms with Gasteiger partial charge in [-0.05, 0) is 70.6 Å². The molecule has 0 rings (SSSR count). The molecule has 0 aromatic rings. The van der Waals surface area contributed by atoms with Crippen LogP contribution < -0.4 is 10.2 Å². The zero-order chi connectivity index (χ0) is 63.4. The highest BCUT2D eigenvalue weighted by Gasteiger charge is 2.23. The van der Waals surface area contributed by atoms with Crippen LogP contribution in [0.15, 0.2) is 85.1 Å². The van der Waals surface area contributed by atoms with Gasteiger partial charge in [-0.3, -0.25) is 9.36 Å². The monoisotopic (exact) mass is 1240 g/mol. The zero-order valence-corrected chi connectivity index (χ0v) is 59.1. The minimum atomic E-state index is -4.61. The Kier molecular flexibility index (Phi) is 66.2. The second-order valence-electron chi connectivity index (χ2n) is 26.6. The molecule has 0 saturated heterocycles. The zero-order valence-electron chi connectivity index (χ0n) is 58.2. The first-order valence-corrected chi connectivity index (χ1v) is 38.9. The number of hydrogen-bond acceptors (Lipinski definition) is 6. The number of amides is 1. The van der Waals surface area contributed by atoms with Crippen molar-refractivity contribution in [2.24, 2.45) is 0 Å². The van der Waals surface area contributed by atoms with Crippen LogP contribution in [-0.4, -0.2) is 68.5 Å². The summed E-state index contributed by atoms with van der Waals surface area (Å²) in [6.07, 6.45) is 97.2. The van der Waals surface area contributed by atoms with Crippen molar-refractivity contribution in [3.8, 4) is 0 Å². The molecule has 3 atom stereocenters. The van der Waals surface area contributed by atoms with Gasteiger partial charge in [0.25, 0.3) is 7.82 Å². The number of carbonyl (C=O) groups excluding carboxylic acids is 1. The van der Waals surface area contributed by atoms with Crippen molar-refractivity contribution in [1.82, 2.24) is 5.32 Å². The molecule has 87 heavy (non-hydrogen) atoms. The highest BCUT2D eigenvalue weighted by atomic mass is 31.2. The summed E-state index contributed by atoms with van der Waals surface area (Å²) in [5, 5.41) is 14.0. The van der Waals surface area contributed by atoms with Gasteiger partial charge in [-0.25, -0.2) is 0 Å². The molecule has 8 nitrogen and oxygen atoms in total. The summed E-state index contributed by atoms with van der Waals surface area (Å²) in [6.45, 7) is 4.58. The number of carbonyl (C=O) groups is 1. The number of quaternary nitrogens is 1. The lowest BCUT2D eigenvalue weighted by Crippen LogP contribution is -2.45. The van der Waals surface area contributed by atoms with Crippen LogP contribution in [-0.2, 0) is 18.4 Å². The summed E-state index contributed by atoms with van der Waals surface area (Å²) < 4.78 is 23.5. The van der Waals surface area contributed by atoms with Crippen molar-refractivity contribution in [2.75, 3.05) is 40.9 Å². The Morgan fingerprint density at radius 2 is 0.701 bits per heavy atom. The lowest BCUT2D eigenvalue weighted by molar-refractivity contribution is -0.870. The number of likely N-dealkylation sites (N-methyl/N-ethyl adjacent to an activating group) is 1. The van der Waals surface area contributed by atoms with Gasteiger partial charge in [0.15, 0.2) is 0 Å². The van der Waals surface area contributed by atoms with Crippen molar-refractivity contribution in [2.45, 2.75) is 366 Å². The second kappa shape index (κ2) is 68.1. The molecule has 0 radical (unpaired) electrons. The van der Waals surface area contributed by atoms with E-state index in [0.717, 1.165) is 77.0 Å². The molecular weight excluding hydrogens is 1090 g/mol. The number of hydrogen-bond donors (Lipinski definition) is 2. The van der Waals surface area contributed by atoms with E-state index < -0.39 is 20.0 Å². The maximum absolute atomic E-state index is 13.1. The Balaban J connectivity index is 4.03. The molecule has 0 bridgehead atoms. The van der Waals surface area contributed by atoms with E-state index >= 15 is 0 Å². The molecule has 0 aliphatic rings. The molecule has 3 unspecified atom stereocenters. The maximum atomic E-state index is 13.1. The average Bonchev–Trinajstić information content (AvgIpc) is 3.70. The third-order valence-corrected chi connectivity index (χ3v) is 17.8. The summed E-state index contributed by atoms with van der Waals surface area (Å²) in [5.41, 5.74) is 0. The SMILES string of the molecule is CC/C=C\C/C=C\C/C=C\C/C=C\C/C=C\C/C=C\CCCCCCCCCCCCCCCCCCC(=O)NC(COP(=O)([O-])OCC[N+](C)(C)C)C(O)/C=C/CCCCCCCCCCCCCCCCCCCCCCCCCCCCCC. The van der Waals surface area contributed by atoms with E-state index in [4.69, 9.17) is 9.05 Å². The average molecular weight is 1240 g/mol. The topological polar surface area (TPSA) is 108 Å². The van der Waals surface area contributed by atoms with Gasteiger partial charge in [-0.1, -0.05) is 362 Å². The van der Waals surface area contributed by atoms with E-state index in [9.17, 15) is 19.4 Å². The normalized spacial score (nSPS) is 14.1. The predicted molar refractivity (Wildman–Crippen MR) is 380 cm³/mol. The molecule has 0 aromatic heterocycles. The van der Waals surface area contributed by atoms with Crippen LogP contribution in [0.4, 0.5) is 0 Å². The lowest BCUT2D eigenvalue weighted by atomic mass is 10.0. The Morgan fingerprint density at radius 3 is 1.02 bits per heavy atom. The maximum Gasteiger partial charge on any atom is 0.268 e. The number of phosphoric ester groups is 1. The number of unbranched alkanes of at least 4 members (excludes halogenated alkanes) is 44. The lowest BCUT2D eigenvalue weighted by Gasteiger charge is -2.29. The fourth-order valence-corrected chi connectivity index (χ4v) is 11.8. The molecular formula is C78H145N2O6P. The summed E-state index contributed by atoms with van der Waals surface area (Å²) in [5.74, 6) is -0.194. The van der Waals surface area contributed by atoms with Gasteiger partial charge >= 0.3 is 0 Å². The first kappa shape index (κ1) is 84.7. The molecule has 0 aromatic carbocycles. The summed E-state index contributed by atoms with van der Waals surface area (Å²) >= 11 is 0. The fourth-order valence-electron chi connectivity index (χ4n) is 11.1. The standard InChI is InChI=1S/C78H145N2O6P/c1-6-8-10-12-14-16-18-20-22-24-26-28-30-32-34-36-38-39-40-41-42-44-46-48-50-52-54-56-58-60-62-64-66-68-70-72-78(82)79-76(75-86-87(83,84)85-74-73-80(3,4)5)77(81)71-69-67-65-63-61-59-57-55-53-51-49-47-45-43-37-35-33-31-29-27-25-23-21-19-17-15-13-11-9-7-2/h8,10,14,16,20,22,26,28,32,34,38-39,69,71,76-77,81H,6-7,9,11-13,15,17-19,21,23-25,27,29-31,33,35-37,40-68,70,72-75H2,1-5H3,(H-,79,82,83,84)/b10-8-,16-14-,22-20-,28-26-,34-32-,39-38-,71-69+. The third-order valence-electron chi connectivity index (χ3n) is 16.9. The Hall–Kier alpha value is -2.32. The fraction of sp³-hybridized carbons (Fsp3) is 0.808. The number of aliphatic hydroxyl groups excluding tert-OH is 1. The van der Waals surface area contributed by atoms with Crippen LogP contribution >= 0.6 is 7.82 Å². The van der Waals surface area contributed by atoms with E-state index in [1.54, 1.807) is 6.08 Å². The molecule has 0 heterocycles. The van der Waals surface area contributed by atoms with Gasteiger partial charge in [-0.15, -0.1) is 0 Å². The van der Waals surface area contributed by atoms with Gasteiger partial charge in [0.2, 0.25) is 5.91 Å². The second-order valence-corrected chi connectivity index (χ2v) is 28.0. The van der Waals surface area contributed by atoms with Gasteiger partial charge in [-0.2, -0.15) is 0 Å². The number of phosphoric acid groups is 1. The number of aliphatic hydroxyl groups is 1. The van der Waals surface area contributed by atoms with Gasteiger partial charge in [0, 0.05) is 6.42 Å². The van der Waals surface area contributed by atoms with E-state index in [1.165, 1.54) is 257 Å². The van der Waals surface area contributed by atoms with E-state index in [2.05, 4.69) is 92.1 Å². The van der Waals surface area contributed by atoms with E-state index in [1.807, 2.05) is 27.2 Å². The molecule has 0 saturated carbocycles. The number of nitrogens with zero attached hydrogens (tertiary/aromatic N) is 1. The molecule has 0 fully saturated rings. The highest BCUT2D eigenvalue weighted by molar-refractivity contribution is 7.45. The Labute approximate surface area is 541 Å². The predicted octanol–water partition coefficient (Wildman–Crippen LogP) is 23.6. The summed E-state index contributed by atoms with van der Waals surface area (Å²) in [6, 6.07) is -0.892. The van der Waals surface area contributed by atoms with Crippen LogP contribution in [0.2, 0.25) is 0 Å². The minimum absolute atomic E-state index is 0.00208. The van der Waals surface area contributed by atoms with E-state index in [-0.39, 0.29) is 19.1 Å². The van der Waals surface area contributed by atoms with Crippen molar-refractivity contribution >= 4 is 13.7 Å². The molecule has 0 aliphatic heterocycles. The smallest absolute Gasteiger partial charge is 0.268 e. The quantitative estimate of drug-likeness (QED) is 0.0272. The van der Waals surface area contributed by atoms with Crippen LogP contribution in [0.25, 0.3) is 0 Å². The van der Waals surface area contributed by atoms with Gasteiger partial charge < -0.3 is 28.8 Å². The molecule has 9 heteroatoms. The number of allylic oxidation sites excluding steroid dienone is 13. The summed E-state index contributed by atoms with van der Waals surface area (Å²) in [7, 11) is 1.27. The number of nitrogens with one attached hydrogen (secondary N) is 1. The molecule has 2 N–H and O–H groups in total. The third kappa shape index (κ3) is 71.0. The first-order chi connectivity index (χ1) is 42.5. The molecule has 508 valence electrons. The molecule has 0 spiro atoms. The van der Waals surface area contributed by atoms with Crippen LogP contribution in [0.1, 0.15) is 354 Å². The van der Waals surface area contributed by atoms with Crippen molar-refractivity contribution in [3.63, 3.8) is 0 Å². The molecule has 0 aliphatic carbocycles. The minimum Gasteiger partial charge on any atom is -0.756 e. The van der Waals surface area contributed by atoms with Gasteiger partial charge in [0.1, 0.15) is 13.2 Å². The van der Waals surface area contributed by atoms with Crippen LogP contribution in [0.5, 0.6) is 0 Å². The highest BCUT2D eigenvalue weighted by Crippen LogP contribution is 2.38. The Bertz CT molecular complexity index is 1700. The number of rotatable bonds is 69. The largest absolute Gasteiger partial charge is 0.756 e. The van der Waals surface area contributed by atoms with Gasteiger partial charge in [0.05, 0.1) is 39.9 Å². The molecule has 1 amide bonds. The Morgan fingerprint density at radius 1 is 0.414 bits per heavy atom. The first-order valence-electron chi connectivity index (χ1n) is 37.4. The van der Waals surface area contributed by atoms with Crippen molar-refractivity contribution < 1.29 is 32.9 Å². The van der Waals surface area contributed by atoms with Crippen LogP contribution in [0.3, 0.4) is 0 Å².